The van der Waals surface area contributed by atoms with E-state index >= 15 is 0 Å². The molecule has 0 radical (unpaired) electrons. The van der Waals surface area contributed by atoms with E-state index in [-0.39, 0.29) is 10.6 Å². The van der Waals surface area contributed by atoms with Gasteiger partial charge in [-0.05, 0) is 5.56 Å². The first-order valence-corrected chi connectivity index (χ1v) is 7.83. The number of nitrogens with zero attached hydrogens (tertiary/aromatic N) is 2. The quantitative estimate of drug-likeness (QED) is 0.546. The lowest BCUT2D eigenvalue weighted by Gasteiger charge is -2.23. The summed E-state index contributed by atoms with van der Waals surface area (Å²) >= 11 is 0. The van der Waals surface area contributed by atoms with Gasteiger partial charge in [0.2, 0.25) is 0 Å². The van der Waals surface area contributed by atoms with Crippen molar-refractivity contribution in [3.05, 3.63) is 39.9 Å². The normalized spacial score (nSPS) is 19.1. The van der Waals surface area contributed by atoms with E-state index in [9.17, 15) is 10.1 Å². The van der Waals surface area contributed by atoms with Gasteiger partial charge in [-0.25, -0.2) is 0 Å². The molecule has 22 heavy (non-hydrogen) atoms. The first-order valence-electron chi connectivity index (χ1n) is 7.83. The lowest BCUT2D eigenvalue weighted by atomic mass is 10.2. The lowest BCUT2D eigenvalue weighted by Crippen LogP contribution is -2.41. The van der Waals surface area contributed by atoms with Crippen LogP contribution in [0.4, 0.5) is 5.69 Å². The molecule has 1 aliphatic rings. The van der Waals surface area contributed by atoms with Crippen molar-refractivity contribution in [2.24, 2.45) is 0 Å². The predicted octanol–water partition coefficient (Wildman–Crippen LogP) is 0.179. The molecular formula is C15H25N5O2. The maximum atomic E-state index is 10.7. The number of non-ortho nitro benzene ring substituents is 1. The van der Waals surface area contributed by atoms with Crippen LogP contribution in [-0.2, 0) is 6.54 Å². The SMILES string of the molecule is O=[N+]([O-])c1ccc(CN2CCNCCNCCNCC2)cc1. The number of hydrogen-bond donors (Lipinski definition) is 3. The van der Waals surface area contributed by atoms with Crippen LogP contribution in [-0.4, -0.2) is 62.2 Å². The lowest BCUT2D eigenvalue weighted by molar-refractivity contribution is -0.384. The fourth-order valence-corrected chi connectivity index (χ4v) is 2.45. The molecule has 1 saturated heterocycles. The standard InChI is InChI=1S/C15H25N5O2/c21-20(22)15-3-1-14(2-4-15)13-19-11-9-17-7-5-16-6-8-18-10-12-19/h1-4,16-18H,5-13H2. The monoisotopic (exact) mass is 307 g/mol. The van der Waals surface area contributed by atoms with Gasteiger partial charge in [-0.15, -0.1) is 0 Å². The number of hydrogen-bond acceptors (Lipinski definition) is 6. The van der Waals surface area contributed by atoms with Crippen LogP contribution in [0.1, 0.15) is 5.56 Å². The molecule has 1 aromatic carbocycles. The Morgan fingerprint density at radius 2 is 1.41 bits per heavy atom. The second-order valence-corrected chi connectivity index (χ2v) is 5.45. The average molecular weight is 307 g/mol. The summed E-state index contributed by atoms with van der Waals surface area (Å²) < 4.78 is 0. The van der Waals surface area contributed by atoms with Crippen LogP contribution in [0.15, 0.2) is 24.3 Å². The molecule has 2 rings (SSSR count). The molecule has 122 valence electrons. The maximum Gasteiger partial charge on any atom is 0.269 e. The molecule has 7 nitrogen and oxygen atoms in total. The third-order valence-corrected chi connectivity index (χ3v) is 3.72. The number of nitrogens with one attached hydrogen (secondary N) is 3. The fourth-order valence-electron chi connectivity index (χ4n) is 2.45. The molecule has 1 fully saturated rings. The molecule has 1 heterocycles. The molecule has 0 amide bonds. The third kappa shape index (κ3) is 6.07. The molecule has 0 atom stereocenters. The molecule has 0 saturated carbocycles. The van der Waals surface area contributed by atoms with E-state index in [1.807, 2.05) is 12.1 Å². The van der Waals surface area contributed by atoms with E-state index in [0.717, 1.165) is 64.5 Å². The Kier molecular flexibility index (Phi) is 7.24. The van der Waals surface area contributed by atoms with Gasteiger partial charge in [0.25, 0.3) is 5.69 Å². The van der Waals surface area contributed by atoms with Crippen LogP contribution in [0.3, 0.4) is 0 Å². The molecule has 7 heteroatoms. The molecule has 0 spiro atoms. The Balaban J connectivity index is 1.87. The van der Waals surface area contributed by atoms with E-state index in [1.54, 1.807) is 12.1 Å². The zero-order chi connectivity index (χ0) is 15.6. The van der Waals surface area contributed by atoms with Crippen molar-refractivity contribution < 1.29 is 4.92 Å². The number of nitro groups is 1. The smallest absolute Gasteiger partial charge is 0.269 e. The highest BCUT2D eigenvalue weighted by Gasteiger charge is 2.08. The summed E-state index contributed by atoms with van der Waals surface area (Å²) in [5.41, 5.74) is 1.26. The van der Waals surface area contributed by atoms with Crippen LogP contribution in [0.25, 0.3) is 0 Å². The minimum Gasteiger partial charge on any atom is -0.314 e. The zero-order valence-corrected chi connectivity index (χ0v) is 12.9. The summed E-state index contributed by atoms with van der Waals surface area (Å²) in [6.45, 7) is 8.60. The summed E-state index contributed by atoms with van der Waals surface area (Å²) in [6.07, 6.45) is 0. The van der Waals surface area contributed by atoms with Crippen LogP contribution >= 0.6 is 0 Å². The number of benzene rings is 1. The van der Waals surface area contributed by atoms with E-state index in [2.05, 4.69) is 20.9 Å². The van der Waals surface area contributed by atoms with Gasteiger partial charge in [0.05, 0.1) is 4.92 Å². The second kappa shape index (κ2) is 9.47. The van der Waals surface area contributed by atoms with E-state index < -0.39 is 0 Å². The highest BCUT2D eigenvalue weighted by Crippen LogP contribution is 2.13. The van der Waals surface area contributed by atoms with E-state index in [1.165, 1.54) is 0 Å². The topological polar surface area (TPSA) is 82.5 Å². The van der Waals surface area contributed by atoms with Crippen LogP contribution in [0.2, 0.25) is 0 Å². The van der Waals surface area contributed by atoms with Crippen molar-refractivity contribution in [2.45, 2.75) is 6.54 Å². The molecule has 0 aliphatic carbocycles. The first-order chi connectivity index (χ1) is 10.8. The Bertz CT molecular complexity index is 440. The predicted molar refractivity (Wildman–Crippen MR) is 87.0 cm³/mol. The molecule has 1 aliphatic heterocycles. The van der Waals surface area contributed by atoms with Gasteiger partial charge >= 0.3 is 0 Å². The van der Waals surface area contributed by atoms with E-state index in [4.69, 9.17) is 0 Å². The van der Waals surface area contributed by atoms with Crippen molar-refractivity contribution in [3.63, 3.8) is 0 Å². The molecular weight excluding hydrogens is 282 g/mol. The second-order valence-electron chi connectivity index (χ2n) is 5.45. The zero-order valence-electron chi connectivity index (χ0n) is 12.9. The minimum absolute atomic E-state index is 0.147. The highest BCUT2D eigenvalue weighted by atomic mass is 16.6. The van der Waals surface area contributed by atoms with Gasteiger partial charge in [-0.2, -0.15) is 0 Å². The van der Waals surface area contributed by atoms with Gasteiger partial charge in [-0.3, -0.25) is 15.0 Å². The van der Waals surface area contributed by atoms with Crippen molar-refractivity contribution >= 4 is 5.69 Å². The van der Waals surface area contributed by atoms with Crippen LogP contribution in [0.5, 0.6) is 0 Å². The first kappa shape index (κ1) is 16.8. The van der Waals surface area contributed by atoms with Crippen molar-refractivity contribution in [1.29, 1.82) is 0 Å². The Morgan fingerprint density at radius 3 is 1.91 bits per heavy atom. The Hall–Kier alpha value is -1.54. The third-order valence-electron chi connectivity index (χ3n) is 3.72. The summed E-state index contributed by atoms with van der Waals surface area (Å²) in [6, 6.07) is 6.85. The van der Waals surface area contributed by atoms with E-state index in [0.29, 0.717) is 0 Å². The number of nitro benzene ring substituents is 1. The summed E-state index contributed by atoms with van der Waals surface area (Å²) in [7, 11) is 0. The van der Waals surface area contributed by atoms with Gasteiger partial charge in [0, 0.05) is 71.0 Å². The largest absolute Gasteiger partial charge is 0.314 e. The molecule has 0 unspecified atom stereocenters. The van der Waals surface area contributed by atoms with Crippen LogP contribution < -0.4 is 16.0 Å². The maximum absolute atomic E-state index is 10.7. The Labute approximate surface area is 131 Å². The summed E-state index contributed by atoms with van der Waals surface area (Å²) in [4.78, 5) is 12.7. The molecule has 0 aromatic heterocycles. The average Bonchev–Trinajstić information content (AvgIpc) is 2.50. The molecule has 1 aromatic rings. The van der Waals surface area contributed by atoms with Crippen molar-refractivity contribution in [2.75, 3.05) is 52.4 Å². The van der Waals surface area contributed by atoms with Gasteiger partial charge in [-0.1, -0.05) is 12.1 Å². The summed E-state index contributed by atoms with van der Waals surface area (Å²) in [5, 5.41) is 20.9. The highest BCUT2D eigenvalue weighted by molar-refractivity contribution is 5.32. The summed E-state index contributed by atoms with van der Waals surface area (Å²) in [5.74, 6) is 0. The number of rotatable bonds is 3. The van der Waals surface area contributed by atoms with Gasteiger partial charge < -0.3 is 16.0 Å². The van der Waals surface area contributed by atoms with Crippen molar-refractivity contribution in [3.8, 4) is 0 Å². The molecule has 3 N–H and O–H groups in total. The Morgan fingerprint density at radius 1 is 0.909 bits per heavy atom. The minimum atomic E-state index is -0.359. The van der Waals surface area contributed by atoms with Gasteiger partial charge in [0.1, 0.15) is 0 Å². The van der Waals surface area contributed by atoms with Crippen LogP contribution in [0, 0.1) is 10.1 Å². The fraction of sp³-hybridized carbons (Fsp3) is 0.600. The van der Waals surface area contributed by atoms with Gasteiger partial charge in [0.15, 0.2) is 0 Å². The van der Waals surface area contributed by atoms with Crippen molar-refractivity contribution in [1.82, 2.24) is 20.9 Å². The molecule has 0 bridgehead atoms.